The van der Waals surface area contributed by atoms with Gasteiger partial charge in [-0.25, -0.2) is 8.42 Å². The van der Waals surface area contributed by atoms with Gasteiger partial charge in [-0.2, -0.15) is 0 Å². The molecule has 8 heteroatoms. The maximum Gasteiger partial charge on any atom is 0.240 e. The van der Waals surface area contributed by atoms with Crippen molar-refractivity contribution in [1.29, 1.82) is 0 Å². The van der Waals surface area contributed by atoms with E-state index in [1.807, 2.05) is 31.2 Å². The Morgan fingerprint density at radius 3 is 2.52 bits per heavy atom. The monoisotopic (exact) mass is 410 g/mol. The zero-order valence-electron chi connectivity index (χ0n) is 15.5. The molecule has 0 spiro atoms. The van der Waals surface area contributed by atoms with E-state index in [-0.39, 0.29) is 19.7 Å². The minimum atomic E-state index is -3.65. The number of nitrogens with one attached hydrogen (secondary N) is 1. The van der Waals surface area contributed by atoms with Gasteiger partial charge in [0, 0.05) is 5.02 Å². The fourth-order valence-electron chi connectivity index (χ4n) is 2.49. The number of carbonyl (C=O) groups excluding carboxylic acids is 1. The lowest BCUT2D eigenvalue weighted by atomic mass is 10.2. The first-order valence-corrected chi connectivity index (χ1v) is 10.6. The molecule has 0 aliphatic rings. The minimum absolute atomic E-state index is 0.263. The number of anilines is 1. The molecule has 146 valence electrons. The number of rotatable bonds is 8. The summed E-state index contributed by atoms with van der Waals surface area (Å²) in [6.07, 6.45) is 1.06. The van der Waals surface area contributed by atoms with Crippen LogP contribution >= 0.6 is 11.6 Å². The van der Waals surface area contributed by atoms with Crippen LogP contribution in [-0.2, 0) is 14.8 Å². The Balaban J connectivity index is 1.96. The van der Waals surface area contributed by atoms with Crippen molar-refractivity contribution in [3.05, 3.63) is 58.6 Å². The second-order valence-electron chi connectivity index (χ2n) is 6.16. The van der Waals surface area contributed by atoms with Crippen molar-refractivity contribution in [2.75, 3.05) is 30.3 Å². The van der Waals surface area contributed by atoms with Crippen molar-refractivity contribution in [3.63, 3.8) is 0 Å². The van der Waals surface area contributed by atoms with E-state index in [2.05, 4.69) is 5.32 Å². The van der Waals surface area contributed by atoms with Crippen LogP contribution in [0.1, 0.15) is 11.1 Å². The number of hydrogen-bond acceptors (Lipinski definition) is 4. The predicted molar refractivity (Wildman–Crippen MR) is 108 cm³/mol. The molecule has 1 amide bonds. The molecule has 0 aliphatic heterocycles. The van der Waals surface area contributed by atoms with Gasteiger partial charge in [0.25, 0.3) is 0 Å². The molecule has 0 bridgehead atoms. The number of amides is 1. The van der Waals surface area contributed by atoms with E-state index in [1.165, 1.54) is 6.07 Å². The predicted octanol–water partition coefficient (Wildman–Crippen LogP) is 2.92. The van der Waals surface area contributed by atoms with Crippen LogP contribution in [0.4, 0.5) is 5.69 Å². The molecule has 0 heterocycles. The van der Waals surface area contributed by atoms with E-state index >= 15 is 0 Å². The van der Waals surface area contributed by atoms with Gasteiger partial charge in [0.05, 0.1) is 18.5 Å². The smallest absolute Gasteiger partial charge is 0.240 e. The molecule has 0 atom stereocenters. The molecule has 0 aliphatic carbocycles. The number of ether oxygens (including phenoxy) is 1. The van der Waals surface area contributed by atoms with Crippen LogP contribution < -0.4 is 14.4 Å². The zero-order valence-corrected chi connectivity index (χ0v) is 17.1. The highest BCUT2D eigenvalue weighted by Crippen LogP contribution is 2.26. The van der Waals surface area contributed by atoms with Gasteiger partial charge in [0.15, 0.2) is 0 Å². The first-order chi connectivity index (χ1) is 12.7. The molecular formula is C19H23ClN2O4S. The van der Waals surface area contributed by atoms with E-state index in [0.29, 0.717) is 16.3 Å². The first kappa shape index (κ1) is 21.1. The number of carbonyl (C=O) groups is 1. The fraction of sp³-hybridized carbons (Fsp3) is 0.316. The lowest BCUT2D eigenvalue weighted by molar-refractivity contribution is -0.119. The number of nitrogens with zero attached hydrogens (tertiary/aromatic N) is 1. The summed E-state index contributed by atoms with van der Waals surface area (Å²) in [5.74, 6) is 0.326. The van der Waals surface area contributed by atoms with Crippen LogP contribution in [-0.4, -0.2) is 40.3 Å². The molecule has 2 aromatic carbocycles. The topological polar surface area (TPSA) is 75.7 Å². The molecule has 0 saturated carbocycles. The Bertz CT molecular complexity index is 916. The van der Waals surface area contributed by atoms with Gasteiger partial charge < -0.3 is 10.1 Å². The van der Waals surface area contributed by atoms with Gasteiger partial charge >= 0.3 is 0 Å². The third-order valence-corrected chi connectivity index (χ3v) is 5.26. The summed E-state index contributed by atoms with van der Waals surface area (Å²) in [5.41, 5.74) is 2.10. The fourth-order valence-corrected chi connectivity index (χ4v) is 3.56. The van der Waals surface area contributed by atoms with Gasteiger partial charge in [0.1, 0.15) is 18.9 Å². The lowest BCUT2D eigenvalue weighted by Crippen LogP contribution is -2.41. The molecule has 0 fully saturated rings. The average Bonchev–Trinajstić information content (AvgIpc) is 2.59. The van der Waals surface area contributed by atoms with Gasteiger partial charge in [-0.05, 0) is 43.2 Å². The molecule has 0 saturated heterocycles. The van der Waals surface area contributed by atoms with E-state index in [4.69, 9.17) is 16.3 Å². The highest BCUT2D eigenvalue weighted by atomic mass is 35.5. The van der Waals surface area contributed by atoms with Gasteiger partial charge in [-0.1, -0.05) is 35.9 Å². The van der Waals surface area contributed by atoms with Crippen LogP contribution in [0.2, 0.25) is 5.02 Å². The number of aryl methyl sites for hydroxylation is 2. The van der Waals surface area contributed by atoms with Gasteiger partial charge in [-0.3, -0.25) is 9.10 Å². The summed E-state index contributed by atoms with van der Waals surface area (Å²) in [5, 5.41) is 3.08. The second-order valence-corrected chi connectivity index (χ2v) is 8.51. The highest BCUT2D eigenvalue weighted by molar-refractivity contribution is 7.92. The summed E-state index contributed by atoms with van der Waals surface area (Å²) in [6, 6.07) is 12.5. The average molecular weight is 411 g/mol. The number of benzene rings is 2. The van der Waals surface area contributed by atoms with Crippen molar-refractivity contribution in [1.82, 2.24) is 5.32 Å². The molecule has 27 heavy (non-hydrogen) atoms. The second kappa shape index (κ2) is 9.10. The van der Waals surface area contributed by atoms with E-state index < -0.39 is 15.9 Å². The maximum absolute atomic E-state index is 12.2. The molecule has 2 rings (SSSR count). The SMILES string of the molecule is Cc1ccccc1OCCNC(=O)CN(c1cc(Cl)ccc1C)S(C)(=O)=O. The summed E-state index contributed by atoms with van der Waals surface area (Å²) < 4.78 is 31.0. The molecule has 0 unspecified atom stereocenters. The van der Waals surface area contributed by atoms with Crippen LogP contribution in [0.5, 0.6) is 5.75 Å². The number of halogens is 1. The quantitative estimate of drug-likeness (QED) is 0.679. The Hall–Kier alpha value is -2.25. The summed E-state index contributed by atoms with van der Waals surface area (Å²) in [7, 11) is -3.65. The van der Waals surface area contributed by atoms with Gasteiger partial charge in [-0.15, -0.1) is 0 Å². The summed E-state index contributed by atoms with van der Waals surface area (Å²) >= 11 is 5.98. The first-order valence-electron chi connectivity index (χ1n) is 8.37. The number of hydrogen-bond donors (Lipinski definition) is 1. The molecular weight excluding hydrogens is 388 g/mol. The van der Waals surface area contributed by atoms with Crippen molar-refractivity contribution < 1.29 is 17.9 Å². The van der Waals surface area contributed by atoms with Crippen molar-refractivity contribution in [3.8, 4) is 5.75 Å². The molecule has 2 aromatic rings. The van der Waals surface area contributed by atoms with E-state index in [1.54, 1.807) is 19.1 Å². The summed E-state index contributed by atoms with van der Waals surface area (Å²) in [4.78, 5) is 12.2. The van der Waals surface area contributed by atoms with E-state index in [0.717, 1.165) is 21.9 Å². The standard InChI is InChI=1S/C19H23ClN2O4S/c1-14-8-9-16(20)12-17(14)22(27(3,24)25)13-19(23)21-10-11-26-18-7-5-4-6-15(18)2/h4-9,12H,10-11,13H2,1-3H3,(H,21,23). The molecule has 0 radical (unpaired) electrons. The molecule has 1 N–H and O–H groups in total. The highest BCUT2D eigenvalue weighted by Gasteiger charge is 2.22. The van der Waals surface area contributed by atoms with Crippen LogP contribution in [0.25, 0.3) is 0 Å². The lowest BCUT2D eigenvalue weighted by Gasteiger charge is -2.23. The van der Waals surface area contributed by atoms with Crippen LogP contribution in [0, 0.1) is 13.8 Å². The normalized spacial score (nSPS) is 11.1. The maximum atomic E-state index is 12.2. The van der Waals surface area contributed by atoms with Crippen molar-refractivity contribution >= 4 is 33.2 Å². The largest absolute Gasteiger partial charge is 0.491 e. The Morgan fingerprint density at radius 1 is 1.15 bits per heavy atom. The Labute approximate surface area is 165 Å². The van der Waals surface area contributed by atoms with Crippen molar-refractivity contribution in [2.24, 2.45) is 0 Å². The summed E-state index contributed by atoms with van der Waals surface area (Å²) in [6.45, 7) is 3.92. The van der Waals surface area contributed by atoms with Gasteiger partial charge in [0.2, 0.25) is 15.9 Å². The molecule has 0 aromatic heterocycles. The third-order valence-electron chi connectivity index (χ3n) is 3.90. The Morgan fingerprint density at radius 2 is 1.85 bits per heavy atom. The van der Waals surface area contributed by atoms with Crippen LogP contribution in [0.3, 0.4) is 0 Å². The Kier molecular flexibility index (Phi) is 7.10. The molecule has 6 nitrogen and oxygen atoms in total. The third kappa shape index (κ3) is 6.15. The number of sulfonamides is 1. The van der Waals surface area contributed by atoms with Crippen LogP contribution in [0.15, 0.2) is 42.5 Å². The minimum Gasteiger partial charge on any atom is -0.491 e. The van der Waals surface area contributed by atoms with E-state index in [9.17, 15) is 13.2 Å². The van der Waals surface area contributed by atoms with Crippen molar-refractivity contribution in [2.45, 2.75) is 13.8 Å². The number of para-hydroxylation sites is 1. The zero-order chi connectivity index (χ0) is 20.0.